The van der Waals surface area contributed by atoms with Gasteiger partial charge in [0.15, 0.2) is 0 Å². The lowest BCUT2D eigenvalue weighted by Crippen LogP contribution is -2.30. The Labute approximate surface area is 112 Å². The van der Waals surface area contributed by atoms with E-state index in [1.807, 2.05) is 0 Å². The number of sulfonamides is 1. The summed E-state index contributed by atoms with van der Waals surface area (Å²) in [5.74, 6) is 0. The lowest BCUT2D eigenvalue weighted by molar-refractivity contribution is 0.571. The van der Waals surface area contributed by atoms with Crippen molar-refractivity contribution in [2.45, 2.75) is 24.8 Å². The molecule has 2 aromatic rings. The van der Waals surface area contributed by atoms with E-state index in [0.29, 0.717) is 16.5 Å². The molecule has 0 aliphatic heterocycles. The van der Waals surface area contributed by atoms with Crippen LogP contribution in [0, 0.1) is 0 Å². The lowest BCUT2D eigenvalue weighted by Gasteiger charge is -2.14. The molecular formula is C13H17N3O2S. The van der Waals surface area contributed by atoms with Crippen molar-refractivity contribution in [1.82, 2.24) is 4.72 Å². The van der Waals surface area contributed by atoms with Gasteiger partial charge in [-0.15, -0.1) is 0 Å². The molecule has 0 unspecified atom stereocenters. The van der Waals surface area contributed by atoms with Crippen LogP contribution < -0.4 is 16.2 Å². The zero-order valence-electron chi connectivity index (χ0n) is 10.8. The second-order valence-electron chi connectivity index (χ2n) is 4.70. The molecule has 0 heterocycles. The van der Waals surface area contributed by atoms with Gasteiger partial charge in [-0.2, -0.15) is 0 Å². The molecule has 0 aliphatic rings. The quantitative estimate of drug-likeness (QED) is 0.745. The van der Waals surface area contributed by atoms with Crippen molar-refractivity contribution >= 4 is 32.2 Å². The first-order chi connectivity index (χ1) is 8.83. The Hall–Kier alpha value is -1.79. The second-order valence-corrected chi connectivity index (χ2v) is 6.38. The minimum Gasteiger partial charge on any atom is -0.397 e. The third-order valence-electron chi connectivity index (χ3n) is 2.76. The highest BCUT2D eigenvalue weighted by molar-refractivity contribution is 7.89. The third-order valence-corrected chi connectivity index (χ3v) is 4.46. The van der Waals surface area contributed by atoms with Crippen molar-refractivity contribution in [3.8, 4) is 0 Å². The van der Waals surface area contributed by atoms with E-state index in [2.05, 4.69) is 4.72 Å². The van der Waals surface area contributed by atoms with Crippen LogP contribution in [-0.2, 0) is 10.0 Å². The van der Waals surface area contributed by atoms with Crippen molar-refractivity contribution in [1.29, 1.82) is 0 Å². The summed E-state index contributed by atoms with van der Waals surface area (Å²) in [5, 5.41) is 1.22. The standard InChI is InChI=1S/C13H17N3O2S/c1-8(2)16-19(17,18)12-7-11(14)13(15)10-6-4-3-5-9(10)12/h3-8,16H,14-15H2,1-2H3. The summed E-state index contributed by atoms with van der Waals surface area (Å²) in [6.07, 6.45) is 0. The monoisotopic (exact) mass is 279 g/mol. The molecule has 0 saturated carbocycles. The molecule has 102 valence electrons. The van der Waals surface area contributed by atoms with Gasteiger partial charge in [-0.05, 0) is 19.9 Å². The van der Waals surface area contributed by atoms with Crippen molar-refractivity contribution in [3.05, 3.63) is 30.3 Å². The average Bonchev–Trinajstić information content (AvgIpc) is 2.32. The lowest BCUT2D eigenvalue weighted by atomic mass is 10.1. The first-order valence-corrected chi connectivity index (χ1v) is 7.40. The Morgan fingerprint density at radius 1 is 1.11 bits per heavy atom. The molecule has 0 spiro atoms. The summed E-state index contributed by atoms with van der Waals surface area (Å²) in [7, 11) is -3.61. The summed E-state index contributed by atoms with van der Waals surface area (Å²) >= 11 is 0. The van der Waals surface area contributed by atoms with Crippen LogP contribution in [0.15, 0.2) is 35.2 Å². The highest BCUT2D eigenvalue weighted by Gasteiger charge is 2.20. The van der Waals surface area contributed by atoms with Crippen molar-refractivity contribution in [2.24, 2.45) is 0 Å². The van der Waals surface area contributed by atoms with Crippen LogP contribution in [0.4, 0.5) is 11.4 Å². The maximum Gasteiger partial charge on any atom is 0.241 e. The van der Waals surface area contributed by atoms with Crippen LogP contribution >= 0.6 is 0 Å². The van der Waals surface area contributed by atoms with Gasteiger partial charge in [-0.3, -0.25) is 0 Å². The summed E-state index contributed by atoms with van der Waals surface area (Å²) in [4.78, 5) is 0.156. The number of benzene rings is 2. The van der Waals surface area contributed by atoms with E-state index in [4.69, 9.17) is 11.5 Å². The first kappa shape index (κ1) is 13.6. The zero-order chi connectivity index (χ0) is 14.2. The van der Waals surface area contributed by atoms with Gasteiger partial charge in [0, 0.05) is 16.8 Å². The highest BCUT2D eigenvalue weighted by atomic mass is 32.2. The number of hydrogen-bond acceptors (Lipinski definition) is 4. The molecule has 0 saturated heterocycles. The smallest absolute Gasteiger partial charge is 0.241 e. The molecular weight excluding hydrogens is 262 g/mol. The van der Waals surface area contributed by atoms with Crippen LogP contribution in [0.3, 0.4) is 0 Å². The highest BCUT2D eigenvalue weighted by Crippen LogP contribution is 2.32. The second kappa shape index (κ2) is 4.71. The molecule has 5 N–H and O–H groups in total. The normalized spacial score (nSPS) is 12.2. The van der Waals surface area contributed by atoms with Crippen molar-refractivity contribution < 1.29 is 8.42 Å². The Kier molecular flexibility index (Phi) is 3.38. The fraction of sp³-hybridized carbons (Fsp3) is 0.231. The van der Waals surface area contributed by atoms with Gasteiger partial charge in [0.1, 0.15) is 0 Å². The number of anilines is 2. The summed E-state index contributed by atoms with van der Waals surface area (Å²) in [6.45, 7) is 3.53. The van der Waals surface area contributed by atoms with E-state index in [9.17, 15) is 8.42 Å². The van der Waals surface area contributed by atoms with Gasteiger partial charge in [0.25, 0.3) is 0 Å². The van der Waals surface area contributed by atoms with Gasteiger partial charge in [0.05, 0.1) is 16.3 Å². The van der Waals surface area contributed by atoms with Gasteiger partial charge in [-0.25, -0.2) is 13.1 Å². The third kappa shape index (κ3) is 2.50. The number of rotatable bonds is 3. The summed E-state index contributed by atoms with van der Waals surface area (Å²) in [5.41, 5.74) is 12.4. The van der Waals surface area contributed by atoms with E-state index >= 15 is 0 Å². The molecule has 0 aromatic heterocycles. The van der Waals surface area contributed by atoms with Crippen molar-refractivity contribution in [3.63, 3.8) is 0 Å². The van der Waals surface area contributed by atoms with E-state index in [0.717, 1.165) is 0 Å². The molecule has 6 heteroatoms. The number of fused-ring (bicyclic) bond motifs is 1. The summed E-state index contributed by atoms with van der Waals surface area (Å²) in [6, 6.07) is 8.26. The van der Waals surface area contributed by atoms with Crippen LogP contribution in [0.5, 0.6) is 0 Å². The van der Waals surface area contributed by atoms with Gasteiger partial charge in [0.2, 0.25) is 10.0 Å². The Morgan fingerprint density at radius 3 is 2.26 bits per heavy atom. The van der Waals surface area contributed by atoms with E-state index < -0.39 is 10.0 Å². The Balaban J connectivity index is 2.78. The molecule has 0 atom stereocenters. The van der Waals surface area contributed by atoms with Crippen LogP contribution in [0.2, 0.25) is 0 Å². The number of hydrogen-bond donors (Lipinski definition) is 3. The van der Waals surface area contributed by atoms with E-state index in [1.165, 1.54) is 6.07 Å². The predicted octanol–water partition coefficient (Wildman–Crippen LogP) is 1.69. The molecule has 0 fully saturated rings. The minimum atomic E-state index is -3.61. The molecule has 2 rings (SSSR count). The van der Waals surface area contributed by atoms with Crippen molar-refractivity contribution in [2.75, 3.05) is 11.5 Å². The van der Waals surface area contributed by atoms with Crippen LogP contribution in [0.25, 0.3) is 10.8 Å². The number of nitrogens with one attached hydrogen (secondary N) is 1. The average molecular weight is 279 g/mol. The number of nitrogen functional groups attached to an aromatic ring is 2. The molecule has 0 radical (unpaired) electrons. The molecule has 5 nitrogen and oxygen atoms in total. The fourth-order valence-electron chi connectivity index (χ4n) is 1.98. The summed E-state index contributed by atoms with van der Waals surface area (Å²) < 4.78 is 27.2. The largest absolute Gasteiger partial charge is 0.397 e. The molecule has 0 aliphatic carbocycles. The zero-order valence-corrected chi connectivity index (χ0v) is 11.7. The van der Waals surface area contributed by atoms with Gasteiger partial charge >= 0.3 is 0 Å². The SMILES string of the molecule is CC(C)NS(=O)(=O)c1cc(N)c(N)c2ccccc12. The Morgan fingerprint density at radius 2 is 1.68 bits per heavy atom. The van der Waals surface area contributed by atoms with Gasteiger partial charge in [-0.1, -0.05) is 24.3 Å². The molecule has 2 aromatic carbocycles. The van der Waals surface area contributed by atoms with E-state index in [1.54, 1.807) is 38.1 Å². The van der Waals surface area contributed by atoms with Crippen LogP contribution in [-0.4, -0.2) is 14.5 Å². The molecule has 0 amide bonds. The maximum atomic E-state index is 12.3. The minimum absolute atomic E-state index is 0.156. The maximum absolute atomic E-state index is 12.3. The molecule has 0 bridgehead atoms. The van der Waals surface area contributed by atoms with Crippen LogP contribution in [0.1, 0.15) is 13.8 Å². The fourth-order valence-corrected chi connectivity index (χ4v) is 3.48. The van der Waals surface area contributed by atoms with E-state index in [-0.39, 0.29) is 16.6 Å². The van der Waals surface area contributed by atoms with Gasteiger partial charge < -0.3 is 11.5 Å². The topological polar surface area (TPSA) is 98.2 Å². The Bertz CT molecular complexity index is 724. The predicted molar refractivity (Wildman–Crippen MR) is 78.2 cm³/mol. The first-order valence-electron chi connectivity index (χ1n) is 5.92. The molecule has 19 heavy (non-hydrogen) atoms. The number of nitrogens with two attached hydrogens (primary N) is 2.